The smallest absolute Gasteiger partial charge is 0.335 e. The molecule has 172 valence electrons. The Morgan fingerprint density at radius 1 is 1.12 bits per heavy atom. The molecule has 1 fully saturated rings. The van der Waals surface area contributed by atoms with Crippen LogP contribution in [0.2, 0.25) is 10.0 Å². The zero-order chi connectivity index (χ0) is 24.4. The van der Waals surface area contributed by atoms with E-state index < -0.39 is 5.97 Å². The Morgan fingerprint density at radius 2 is 1.91 bits per heavy atom. The minimum atomic E-state index is -1.07. The van der Waals surface area contributed by atoms with Gasteiger partial charge in [0.2, 0.25) is 0 Å². The standard InChI is InChI=1S/C24H14BrCl2NO4S2/c25-17-8-13(5-7-20(17)32-12-14-4-6-18(26)19(27)9-14)10-21-22(29)28(24(33)34-21)16-3-1-2-15(11-16)23(30)31/h1-11H,12H2,(H,30,31)/b21-10+. The number of rotatable bonds is 6. The summed E-state index contributed by atoms with van der Waals surface area (Å²) in [6.07, 6.45) is 1.73. The Hall–Kier alpha value is -2.36. The first-order chi connectivity index (χ1) is 16.2. The SMILES string of the molecule is O=C(O)c1cccc(N2C(=O)/C(=C\c3ccc(OCc4ccc(Cl)c(Cl)c4)c(Br)c3)SC2=S)c1. The number of ether oxygens (including phenoxy) is 1. The number of carbonyl (C=O) groups is 2. The molecule has 1 aliphatic rings. The molecule has 5 nitrogen and oxygen atoms in total. The molecule has 0 spiro atoms. The van der Waals surface area contributed by atoms with E-state index in [2.05, 4.69) is 15.9 Å². The normalized spacial score (nSPS) is 14.7. The largest absolute Gasteiger partial charge is 0.488 e. The molecule has 3 aromatic rings. The topological polar surface area (TPSA) is 66.8 Å². The Kier molecular flexibility index (Phi) is 7.64. The van der Waals surface area contributed by atoms with Gasteiger partial charge in [-0.3, -0.25) is 9.69 Å². The van der Waals surface area contributed by atoms with Crippen LogP contribution in [-0.2, 0) is 11.4 Å². The number of thiocarbonyl (C=S) groups is 1. The van der Waals surface area contributed by atoms with Crippen molar-refractivity contribution in [1.82, 2.24) is 0 Å². The van der Waals surface area contributed by atoms with Crippen molar-refractivity contribution in [3.05, 3.63) is 96.8 Å². The third kappa shape index (κ3) is 5.47. The predicted molar refractivity (Wildman–Crippen MR) is 144 cm³/mol. The molecule has 1 heterocycles. The molecule has 1 aliphatic heterocycles. The van der Waals surface area contributed by atoms with Crippen LogP contribution in [0.25, 0.3) is 6.08 Å². The van der Waals surface area contributed by atoms with Gasteiger partial charge in [0.25, 0.3) is 5.91 Å². The van der Waals surface area contributed by atoms with Crippen LogP contribution in [0.4, 0.5) is 5.69 Å². The maximum Gasteiger partial charge on any atom is 0.335 e. The van der Waals surface area contributed by atoms with Crippen LogP contribution in [0.15, 0.2) is 70.0 Å². The number of nitrogens with zero attached hydrogens (tertiary/aromatic N) is 1. The number of hydrogen-bond donors (Lipinski definition) is 1. The van der Waals surface area contributed by atoms with Gasteiger partial charge in [0, 0.05) is 0 Å². The average molecular weight is 595 g/mol. The van der Waals surface area contributed by atoms with E-state index in [9.17, 15) is 14.7 Å². The van der Waals surface area contributed by atoms with Gasteiger partial charge in [0.05, 0.1) is 30.7 Å². The first-order valence-corrected chi connectivity index (χ1v) is 12.5. The Balaban J connectivity index is 1.50. The molecule has 0 bridgehead atoms. The minimum Gasteiger partial charge on any atom is -0.488 e. The van der Waals surface area contributed by atoms with Gasteiger partial charge in [-0.05, 0) is 75.6 Å². The minimum absolute atomic E-state index is 0.0796. The fraction of sp³-hybridized carbons (Fsp3) is 0.0417. The molecule has 3 aromatic carbocycles. The molecule has 4 rings (SSSR count). The molecule has 10 heteroatoms. The lowest BCUT2D eigenvalue weighted by molar-refractivity contribution is -0.113. The number of benzene rings is 3. The van der Waals surface area contributed by atoms with Crippen molar-refractivity contribution >= 4 is 91.1 Å². The molecule has 0 aromatic heterocycles. The van der Waals surface area contributed by atoms with Crippen LogP contribution in [0, 0.1) is 0 Å². The number of carboxylic acids is 1. The van der Waals surface area contributed by atoms with E-state index in [0.717, 1.165) is 22.9 Å². The second-order valence-electron chi connectivity index (χ2n) is 7.10. The van der Waals surface area contributed by atoms with E-state index in [1.165, 1.54) is 17.0 Å². The van der Waals surface area contributed by atoms with Gasteiger partial charge in [0.1, 0.15) is 12.4 Å². The van der Waals surface area contributed by atoms with E-state index in [-0.39, 0.29) is 11.5 Å². The molecule has 1 saturated heterocycles. The molecule has 0 atom stereocenters. The summed E-state index contributed by atoms with van der Waals surface area (Å²) in [7, 11) is 0. The summed E-state index contributed by atoms with van der Waals surface area (Å²) in [6, 6.07) is 16.9. The predicted octanol–water partition coefficient (Wildman–Crippen LogP) is 7.44. The van der Waals surface area contributed by atoms with Crippen LogP contribution in [-0.4, -0.2) is 21.3 Å². The van der Waals surface area contributed by atoms with Crippen LogP contribution in [0.1, 0.15) is 21.5 Å². The number of thioether (sulfide) groups is 1. The lowest BCUT2D eigenvalue weighted by Crippen LogP contribution is -2.27. The molecule has 0 saturated carbocycles. The zero-order valence-electron chi connectivity index (χ0n) is 17.1. The number of anilines is 1. The van der Waals surface area contributed by atoms with Crippen molar-refractivity contribution in [3.63, 3.8) is 0 Å². The van der Waals surface area contributed by atoms with E-state index in [1.807, 2.05) is 18.2 Å². The van der Waals surface area contributed by atoms with Crippen molar-refractivity contribution in [1.29, 1.82) is 0 Å². The number of aromatic carboxylic acids is 1. The second kappa shape index (κ2) is 10.5. The third-order valence-corrected chi connectivity index (χ3v) is 7.44. The number of carbonyl (C=O) groups excluding carboxylic acids is 1. The summed E-state index contributed by atoms with van der Waals surface area (Å²) in [4.78, 5) is 26.1. The lowest BCUT2D eigenvalue weighted by Gasteiger charge is -2.14. The molecular weight excluding hydrogens is 581 g/mol. The first-order valence-electron chi connectivity index (χ1n) is 9.70. The third-order valence-electron chi connectivity index (χ3n) is 4.78. The van der Waals surface area contributed by atoms with Crippen molar-refractivity contribution in [3.8, 4) is 5.75 Å². The van der Waals surface area contributed by atoms with Crippen molar-refractivity contribution in [2.45, 2.75) is 6.61 Å². The molecule has 0 radical (unpaired) electrons. The highest BCUT2D eigenvalue weighted by Crippen LogP contribution is 2.37. The van der Waals surface area contributed by atoms with Crippen molar-refractivity contribution in [2.24, 2.45) is 0 Å². The van der Waals surface area contributed by atoms with Crippen LogP contribution < -0.4 is 9.64 Å². The summed E-state index contributed by atoms with van der Waals surface area (Å²) < 4.78 is 6.91. The Bertz CT molecular complexity index is 1360. The average Bonchev–Trinajstić information content (AvgIpc) is 3.08. The summed E-state index contributed by atoms with van der Waals surface area (Å²) in [5, 5.41) is 10.2. The quantitative estimate of drug-likeness (QED) is 0.236. The molecule has 0 aliphatic carbocycles. The highest BCUT2D eigenvalue weighted by atomic mass is 79.9. The molecule has 0 unspecified atom stereocenters. The highest BCUT2D eigenvalue weighted by molar-refractivity contribution is 9.10. The van der Waals surface area contributed by atoms with Crippen LogP contribution >= 0.6 is 63.1 Å². The molecule has 1 amide bonds. The number of halogens is 3. The Morgan fingerprint density at radius 3 is 2.62 bits per heavy atom. The van der Waals surface area contributed by atoms with Gasteiger partial charge < -0.3 is 9.84 Å². The van der Waals surface area contributed by atoms with Gasteiger partial charge in [-0.2, -0.15) is 0 Å². The number of carboxylic acid groups (broad SMARTS) is 1. The van der Waals surface area contributed by atoms with Crippen LogP contribution in [0.5, 0.6) is 5.75 Å². The second-order valence-corrected chi connectivity index (χ2v) is 10.4. The van der Waals surface area contributed by atoms with E-state index in [4.69, 9.17) is 40.2 Å². The molecule has 1 N–H and O–H groups in total. The summed E-state index contributed by atoms with van der Waals surface area (Å²) in [5.74, 6) is -0.760. The summed E-state index contributed by atoms with van der Waals surface area (Å²) in [6.45, 7) is 0.308. The van der Waals surface area contributed by atoms with Gasteiger partial charge in [-0.25, -0.2) is 4.79 Å². The molecular formula is C24H14BrCl2NO4S2. The van der Waals surface area contributed by atoms with Crippen molar-refractivity contribution in [2.75, 3.05) is 4.90 Å². The highest BCUT2D eigenvalue weighted by Gasteiger charge is 2.33. The first kappa shape index (κ1) is 24.8. The van der Waals surface area contributed by atoms with Crippen LogP contribution in [0.3, 0.4) is 0 Å². The summed E-state index contributed by atoms with van der Waals surface area (Å²) >= 11 is 22.0. The number of amides is 1. The van der Waals surface area contributed by atoms with E-state index in [0.29, 0.717) is 41.8 Å². The fourth-order valence-electron chi connectivity index (χ4n) is 3.13. The Labute approximate surface area is 223 Å². The van der Waals surface area contributed by atoms with Gasteiger partial charge >= 0.3 is 5.97 Å². The maximum absolute atomic E-state index is 13.0. The zero-order valence-corrected chi connectivity index (χ0v) is 21.9. The van der Waals surface area contributed by atoms with Gasteiger partial charge in [0.15, 0.2) is 4.32 Å². The van der Waals surface area contributed by atoms with Crippen molar-refractivity contribution < 1.29 is 19.4 Å². The maximum atomic E-state index is 13.0. The number of hydrogen-bond acceptors (Lipinski definition) is 5. The van der Waals surface area contributed by atoms with Gasteiger partial charge in [-0.15, -0.1) is 0 Å². The molecule has 34 heavy (non-hydrogen) atoms. The van der Waals surface area contributed by atoms with E-state index >= 15 is 0 Å². The fourth-order valence-corrected chi connectivity index (χ4v) is 5.26. The van der Waals surface area contributed by atoms with E-state index in [1.54, 1.807) is 36.4 Å². The lowest BCUT2D eigenvalue weighted by atomic mass is 10.1. The van der Waals surface area contributed by atoms with Gasteiger partial charge in [-0.1, -0.05) is 65.4 Å². The monoisotopic (exact) mass is 593 g/mol. The summed E-state index contributed by atoms with van der Waals surface area (Å²) in [5.41, 5.74) is 2.14.